The summed E-state index contributed by atoms with van der Waals surface area (Å²) in [6, 6.07) is 1.06. The zero-order valence-electron chi connectivity index (χ0n) is 14.0. The zero-order valence-corrected chi connectivity index (χ0v) is 14.0. The Kier molecular flexibility index (Phi) is 5.76. The van der Waals surface area contributed by atoms with Gasteiger partial charge in [-0.25, -0.2) is 0 Å². The molecule has 2 radical (unpaired) electrons. The third-order valence-corrected chi connectivity index (χ3v) is 3.99. The van der Waals surface area contributed by atoms with Crippen LogP contribution in [0.15, 0.2) is 12.4 Å². The van der Waals surface area contributed by atoms with Crippen molar-refractivity contribution in [2.45, 2.75) is 67.5 Å². The first-order valence-electron chi connectivity index (χ1n) is 7.77. The fraction of sp³-hybridized carbons (Fsp3) is 0.824. The third-order valence-electron chi connectivity index (χ3n) is 3.99. The summed E-state index contributed by atoms with van der Waals surface area (Å²) in [5.41, 5.74) is 0. The minimum Gasteiger partial charge on any atom is -0.343 e. The molecule has 1 aliphatic heterocycles. The van der Waals surface area contributed by atoms with Crippen molar-refractivity contribution in [3.63, 3.8) is 0 Å². The lowest BCUT2D eigenvalue weighted by Crippen LogP contribution is -2.42. The van der Waals surface area contributed by atoms with E-state index < -0.39 is 0 Å². The summed E-state index contributed by atoms with van der Waals surface area (Å²) >= 11 is 0. The monoisotopic (exact) mass is 264 g/mol. The molecule has 0 atom stereocenters. The normalized spacial score (nSPS) is 16.5. The van der Waals surface area contributed by atoms with E-state index in [0.29, 0.717) is 35.8 Å². The molecule has 19 heavy (non-hydrogen) atoms. The van der Waals surface area contributed by atoms with Gasteiger partial charge in [-0.15, -0.1) is 0 Å². The Morgan fingerprint density at radius 1 is 0.579 bits per heavy atom. The maximum atomic E-state index is 3.57. The second kappa shape index (κ2) is 6.67. The summed E-state index contributed by atoms with van der Waals surface area (Å²) in [6.07, 6.45) is 4.39. The van der Waals surface area contributed by atoms with E-state index in [1.165, 1.54) is 0 Å². The van der Waals surface area contributed by atoms with Crippen LogP contribution in [0.4, 0.5) is 0 Å². The number of hydrogen-bond donors (Lipinski definition) is 0. The van der Waals surface area contributed by atoms with E-state index in [-0.39, 0.29) is 0 Å². The van der Waals surface area contributed by atoms with Crippen LogP contribution in [0.5, 0.6) is 0 Å². The van der Waals surface area contributed by atoms with Crippen molar-refractivity contribution in [3.05, 3.63) is 19.1 Å². The van der Waals surface area contributed by atoms with Crippen molar-refractivity contribution in [2.24, 2.45) is 23.7 Å². The first-order chi connectivity index (χ1) is 8.75. The Morgan fingerprint density at radius 3 is 1.05 bits per heavy atom. The SMILES string of the molecule is CC(C)C(C(C)C)N1[C]N(C(C(C)C)C(C)C)C=C1. The van der Waals surface area contributed by atoms with Crippen LogP contribution in [0.2, 0.25) is 0 Å². The van der Waals surface area contributed by atoms with E-state index in [9.17, 15) is 0 Å². The van der Waals surface area contributed by atoms with Crippen LogP contribution in [-0.2, 0) is 0 Å². The molecule has 0 aromatic rings. The Hall–Kier alpha value is -0.660. The Bertz CT molecular complexity index is 248. The summed E-state index contributed by atoms with van der Waals surface area (Å²) in [4.78, 5) is 4.57. The molecule has 2 nitrogen and oxygen atoms in total. The van der Waals surface area contributed by atoms with E-state index >= 15 is 0 Å². The van der Waals surface area contributed by atoms with Gasteiger partial charge in [-0.1, -0.05) is 55.4 Å². The fourth-order valence-electron chi connectivity index (χ4n) is 3.50. The molecular weight excluding hydrogens is 232 g/mol. The number of nitrogens with zero attached hydrogens (tertiary/aromatic N) is 2. The number of hydrogen-bond acceptors (Lipinski definition) is 2. The van der Waals surface area contributed by atoms with Gasteiger partial charge in [-0.05, 0) is 23.7 Å². The van der Waals surface area contributed by atoms with Gasteiger partial charge >= 0.3 is 0 Å². The van der Waals surface area contributed by atoms with Crippen molar-refractivity contribution in [1.29, 1.82) is 0 Å². The van der Waals surface area contributed by atoms with Crippen molar-refractivity contribution in [3.8, 4) is 0 Å². The van der Waals surface area contributed by atoms with Crippen LogP contribution in [0, 0.1) is 30.3 Å². The third kappa shape index (κ3) is 3.90. The molecule has 0 N–H and O–H groups in total. The second-order valence-corrected chi connectivity index (χ2v) is 7.17. The van der Waals surface area contributed by atoms with Gasteiger partial charge in [-0.3, -0.25) is 0 Å². The van der Waals surface area contributed by atoms with Crippen LogP contribution >= 0.6 is 0 Å². The molecule has 0 unspecified atom stereocenters. The zero-order chi connectivity index (χ0) is 14.7. The molecule has 2 heteroatoms. The number of rotatable bonds is 6. The van der Waals surface area contributed by atoms with E-state index in [0.717, 1.165) is 0 Å². The van der Waals surface area contributed by atoms with E-state index in [4.69, 9.17) is 0 Å². The molecule has 110 valence electrons. The van der Waals surface area contributed by atoms with Gasteiger partial charge in [0.25, 0.3) is 0 Å². The largest absolute Gasteiger partial charge is 0.343 e. The van der Waals surface area contributed by atoms with E-state index in [1.54, 1.807) is 0 Å². The van der Waals surface area contributed by atoms with Gasteiger partial charge in [0.2, 0.25) is 6.67 Å². The van der Waals surface area contributed by atoms with Crippen molar-refractivity contribution < 1.29 is 0 Å². The smallest absolute Gasteiger partial charge is 0.208 e. The Balaban J connectivity index is 2.75. The maximum absolute atomic E-state index is 3.57. The standard InChI is InChI=1S/C17H32N2/c1-12(2)16(13(3)4)18-9-10-19(11-18)17(14(5)6)15(7)8/h9-10,12-17H,1-8H3. The van der Waals surface area contributed by atoms with E-state index in [1.807, 2.05) is 0 Å². The summed E-state index contributed by atoms with van der Waals surface area (Å²) in [7, 11) is 0. The minimum absolute atomic E-state index is 0.529. The predicted molar refractivity (Wildman–Crippen MR) is 83.0 cm³/mol. The van der Waals surface area contributed by atoms with Crippen LogP contribution in [0.1, 0.15) is 55.4 Å². The molecule has 0 amide bonds. The molecule has 1 heterocycles. The average molecular weight is 264 g/mol. The first-order valence-corrected chi connectivity index (χ1v) is 7.77. The average Bonchev–Trinajstić information content (AvgIpc) is 2.64. The molecule has 0 spiro atoms. The lowest BCUT2D eigenvalue weighted by atomic mass is 9.91. The maximum Gasteiger partial charge on any atom is 0.208 e. The van der Waals surface area contributed by atoms with Crippen molar-refractivity contribution >= 4 is 0 Å². The predicted octanol–water partition coefficient (Wildman–Crippen LogP) is 4.43. The molecule has 1 aliphatic rings. The van der Waals surface area contributed by atoms with Crippen LogP contribution in [0.25, 0.3) is 0 Å². The molecular formula is C17H32N2. The molecule has 0 fully saturated rings. The first kappa shape index (κ1) is 16.4. The highest BCUT2D eigenvalue weighted by molar-refractivity contribution is 5.04. The highest BCUT2D eigenvalue weighted by atomic mass is 15.4. The summed E-state index contributed by atoms with van der Waals surface area (Å²) < 4.78 is 0. The molecule has 0 bridgehead atoms. The lowest BCUT2D eigenvalue weighted by Gasteiger charge is -2.38. The Labute approximate surface area is 120 Å². The van der Waals surface area contributed by atoms with Gasteiger partial charge in [-0.2, -0.15) is 0 Å². The summed E-state index contributed by atoms with van der Waals surface area (Å²) in [5, 5.41) is 0. The van der Waals surface area contributed by atoms with Crippen LogP contribution in [-0.4, -0.2) is 21.9 Å². The van der Waals surface area contributed by atoms with Gasteiger partial charge in [0.05, 0.1) is 0 Å². The fourth-order valence-corrected chi connectivity index (χ4v) is 3.50. The van der Waals surface area contributed by atoms with Crippen molar-refractivity contribution in [1.82, 2.24) is 9.80 Å². The van der Waals surface area contributed by atoms with Crippen molar-refractivity contribution in [2.75, 3.05) is 0 Å². The molecule has 1 rings (SSSR count). The topological polar surface area (TPSA) is 6.48 Å². The van der Waals surface area contributed by atoms with Crippen LogP contribution in [0.3, 0.4) is 0 Å². The molecule has 0 aliphatic carbocycles. The van der Waals surface area contributed by atoms with Crippen LogP contribution < -0.4 is 0 Å². The lowest BCUT2D eigenvalue weighted by molar-refractivity contribution is 0.135. The quantitative estimate of drug-likeness (QED) is 0.700. The second-order valence-electron chi connectivity index (χ2n) is 7.17. The Morgan fingerprint density at radius 2 is 0.842 bits per heavy atom. The highest BCUT2D eigenvalue weighted by Crippen LogP contribution is 2.30. The van der Waals surface area contributed by atoms with Gasteiger partial charge in [0.1, 0.15) is 0 Å². The molecule has 0 saturated heterocycles. The molecule has 0 aromatic carbocycles. The van der Waals surface area contributed by atoms with E-state index in [2.05, 4.69) is 84.3 Å². The van der Waals surface area contributed by atoms with Gasteiger partial charge in [0, 0.05) is 24.5 Å². The van der Waals surface area contributed by atoms with Gasteiger partial charge < -0.3 is 9.80 Å². The van der Waals surface area contributed by atoms with Gasteiger partial charge in [0.15, 0.2) is 0 Å². The summed E-state index contributed by atoms with van der Waals surface area (Å²) in [6.45, 7) is 21.9. The highest BCUT2D eigenvalue weighted by Gasteiger charge is 2.32. The summed E-state index contributed by atoms with van der Waals surface area (Å²) in [5.74, 6) is 2.53. The molecule has 0 aromatic heterocycles. The minimum atomic E-state index is 0.529. The molecule has 0 saturated carbocycles.